The number of carbonyl (C=O) groups excluding carboxylic acids is 2. The van der Waals surface area contributed by atoms with Crippen LogP contribution in [0.15, 0.2) is 48.5 Å². The Balaban J connectivity index is 1.36. The first-order chi connectivity index (χ1) is 27.3. The number of esters is 1. The van der Waals surface area contributed by atoms with E-state index in [0.29, 0.717) is 49.6 Å². The third-order valence-corrected chi connectivity index (χ3v) is 11.4. The highest BCUT2D eigenvalue weighted by atomic mass is 16.5. The van der Waals surface area contributed by atoms with Gasteiger partial charge in [-0.05, 0) is 69.4 Å². The molecule has 0 heterocycles. The first-order valence-corrected chi connectivity index (χ1v) is 21.4. The number of fused-ring (bicyclic) bond motifs is 2. The molecule has 0 saturated carbocycles. The van der Waals surface area contributed by atoms with Gasteiger partial charge in [0.05, 0.1) is 23.3 Å². The Hall–Kier alpha value is -4.72. The molecule has 0 fully saturated rings. The number of aromatic carboxylic acids is 2. The molecule has 5 rings (SSSR count). The van der Waals surface area contributed by atoms with Gasteiger partial charge in [0.15, 0.2) is 0 Å². The first kappa shape index (κ1) is 42.4. The van der Waals surface area contributed by atoms with Gasteiger partial charge in [0.25, 0.3) is 5.91 Å². The molecule has 1 amide bonds. The monoisotopic (exact) mass is 763 g/mol. The number of hydrogen-bond acceptors (Lipinski definition) is 5. The van der Waals surface area contributed by atoms with E-state index < -0.39 is 17.9 Å². The Kier molecular flexibility index (Phi) is 16.3. The molecular weight excluding hydrogens is 703 g/mol. The van der Waals surface area contributed by atoms with Gasteiger partial charge in [-0.25, -0.2) is 14.4 Å². The molecule has 0 unspecified atom stereocenters. The number of amides is 1. The maximum absolute atomic E-state index is 13.7. The summed E-state index contributed by atoms with van der Waals surface area (Å²) in [7, 11) is 0. The summed E-state index contributed by atoms with van der Waals surface area (Å²) >= 11 is 0. The van der Waals surface area contributed by atoms with E-state index in [1.54, 1.807) is 36.4 Å². The lowest BCUT2D eigenvalue weighted by atomic mass is 9.84. The summed E-state index contributed by atoms with van der Waals surface area (Å²) in [6, 6.07) is 13.3. The average molecular weight is 764 g/mol. The predicted molar refractivity (Wildman–Crippen MR) is 228 cm³/mol. The van der Waals surface area contributed by atoms with Crippen LogP contribution in [0.3, 0.4) is 0 Å². The predicted octanol–water partition coefficient (Wildman–Crippen LogP) is 12.9. The van der Waals surface area contributed by atoms with Crippen molar-refractivity contribution in [2.45, 2.75) is 142 Å². The van der Waals surface area contributed by atoms with Crippen LogP contribution in [0, 0.1) is 0 Å². The molecule has 0 aliphatic heterocycles. The number of unbranched alkanes of at least 4 members (excludes halogenated alkanes) is 18. The zero-order valence-corrected chi connectivity index (χ0v) is 33.6. The Morgan fingerprint density at radius 2 is 0.804 bits per heavy atom. The van der Waals surface area contributed by atoms with Crippen LogP contribution in [0.1, 0.15) is 184 Å². The fourth-order valence-electron chi connectivity index (χ4n) is 8.35. The topological polar surface area (TPSA) is 130 Å². The quantitative estimate of drug-likeness (QED) is 0.0221. The lowest BCUT2D eigenvalue weighted by molar-refractivity contribution is 0.0499. The normalized spacial score (nSPS) is 11.6. The number of rotatable bonds is 26. The van der Waals surface area contributed by atoms with Gasteiger partial charge in [-0.3, -0.25) is 4.79 Å². The van der Waals surface area contributed by atoms with Crippen LogP contribution >= 0.6 is 0 Å². The van der Waals surface area contributed by atoms with Crippen LogP contribution in [-0.2, 0) is 4.74 Å². The number of carboxylic acids is 2. The van der Waals surface area contributed by atoms with Gasteiger partial charge in [0.1, 0.15) is 0 Å². The molecule has 0 aliphatic rings. The van der Waals surface area contributed by atoms with Crippen LogP contribution in [0.4, 0.5) is 0 Å². The fraction of sp³-hybridized carbons (Fsp3) is 0.500. The zero-order chi connectivity index (χ0) is 39.9. The van der Waals surface area contributed by atoms with Crippen LogP contribution in [0.5, 0.6) is 0 Å². The molecule has 5 aromatic rings. The second kappa shape index (κ2) is 21.5. The highest BCUT2D eigenvalue weighted by Gasteiger charge is 2.26. The minimum absolute atomic E-state index is 0.0127. The van der Waals surface area contributed by atoms with Crippen molar-refractivity contribution < 1.29 is 34.1 Å². The summed E-state index contributed by atoms with van der Waals surface area (Å²) in [5, 5.41) is 28.2. The number of hydrogen-bond donors (Lipinski definition) is 3. The van der Waals surface area contributed by atoms with E-state index >= 15 is 0 Å². The summed E-state index contributed by atoms with van der Waals surface area (Å²) in [5.41, 5.74) is 0.467. The van der Waals surface area contributed by atoms with Crippen LogP contribution in [0.2, 0.25) is 0 Å². The summed E-state index contributed by atoms with van der Waals surface area (Å²) in [6.45, 7) is 5.20. The Bertz CT molecular complexity index is 1930. The Morgan fingerprint density at radius 1 is 0.446 bits per heavy atom. The van der Waals surface area contributed by atoms with E-state index in [1.807, 2.05) is 0 Å². The molecule has 0 atom stereocenters. The van der Waals surface area contributed by atoms with Gasteiger partial charge in [0, 0.05) is 22.9 Å². The van der Waals surface area contributed by atoms with Crippen molar-refractivity contribution in [3.8, 4) is 0 Å². The van der Waals surface area contributed by atoms with E-state index in [0.717, 1.165) is 38.5 Å². The van der Waals surface area contributed by atoms with Crippen LogP contribution in [0.25, 0.3) is 43.1 Å². The molecule has 0 aromatic heterocycles. The van der Waals surface area contributed by atoms with Gasteiger partial charge >= 0.3 is 17.9 Å². The molecule has 8 heteroatoms. The summed E-state index contributed by atoms with van der Waals surface area (Å²) in [6.07, 6.45) is 23.5. The number of carboxylic acid groups (broad SMARTS) is 2. The molecule has 0 aliphatic carbocycles. The van der Waals surface area contributed by atoms with Gasteiger partial charge in [-0.1, -0.05) is 154 Å². The SMILES string of the molecule is CCCCCCCCCCCCNC(=O)c1ccc2c3ccc(C(=O)OCCCCCCCCCCCC)c4c(C(=O)O)ccc(c5ccc(C(=O)O)c1c52)c43. The van der Waals surface area contributed by atoms with Crippen molar-refractivity contribution in [3.63, 3.8) is 0 Å². The third kappa shape index (κ3) is 10.4. The number of ether oxygens (including phenoxy) is 1. The Morgan fingerprint density at radius 3 is 1.23 bits per heavy atom. The van der Waals surface area contributed by atoms with Crippen LogP contribution in [-0.4, -0.2) is 47.2 Å². The molecule has 0 saturated heterocycles. The minimum Gasteiger partial charge on any atom is -0.478 e. The number of carbonyl (C=O) groups is 4. The van der Waals surface area contributed by atoms with E-state index in [1.165, 1.54) is 102 Å². The lowest BCUT2D eigenvalue weighted by Gasteiger charge is -2.19. The van der Waals surface area contributed by atoms with E-state index in [-0.39, 0.29) is 34.8 Å². The maximum atomic E-state index is 13.7. The van der Waals surface area contributed by atoms with Gasteiger partial charge in [-0.2, -0.15) is 0 Å². The molecule has 56 heavy (non-hydrogen) atoms. The molecule has 0 radical (unpaired) electrons. The third-order valence-electron chi connectivity index (χ3n) is 11.4. The molecule has 8 nitrogen and oxygen atoms in total. The number of nitrogens with one attached hydrogen (secondary N) is 1. The first-order valence-electron chi connectivity index (χ1n) is 21.4. The van der Waals surface area contributed by atoms with Gasteiger partial charge < -0.3 is 20.3 Å². The molecule has 5 aromatic carbocycles. The highest BCUT2D eigenvalue weighted by Crippen LogP contribution is 2.44. The standard InChI is InChI=1S/C48H61NO7/c1-3-5-7-9-11-13-15-17-19-21-31-49-45(50)37-27-23-33-36-26-30-40(48(55)56-32-22-20-18-16-14-12-10-8-6-4-2)44-39(47(53)54)29-25-35(42(36)44)34-24-28-38(46(51)52)43(37)41(33)34/h23-30H,3-22,31-32H2,1-2H3,(H,49,50)(H,51,52)(H,53,54). The molecule has 3 N–H and O–H groups in total. The second-order valence-corrected chi connectivity index (χ2v) is 15.5. The van der Waals surface area contributed by atoms with Crippen molar-refractivity contribution in [2.75, 3.05) is 13.2 Å². The second-order valence-electron chi connectivity index (χ2n) is 15.5. The number of benzene rings is 5. The van der Waals surface area contributed by atoms with E-state index in [4.69, 9.17) is 4.74 Å². The molecule has 300 valence electrons. The van der Waals surface area contributed by atoms with Crippen LogP contribution < -0.4 is 5.32 Å². The van der Waals surface area contributed by atoms with Gasteiger partial charge in [0.2, 0.25) is 0 Å². The summed E-state index contributed by atoms with van der Waals surface area (Å²) < 4.78 is 5.72. The smallest absolute Gasteiger partial charge is 0.338 e. The average Bonchev–Trinajstić information content (AvgIpc) is 3.19. The van der Waals surface area contributed by atoms with E-state index in [2.05, 4.69) is 19.2 Å². The minimum atomic E-state index is -1.16. The zero-order valence-electron chi connectivity index (χ0n) is 33.6. The van der Waals surface area contributed by atoms with Crippen molar-refractivity contribution >= 4 is 66.9 Å². The van der Waals surface area contributed by atoms with Crippen molar-refractivity contribution in [1.82, 2.24) is 5.32 Å². The molecule has 0 spiro atoms. The molecular formula is C48H61NO7. The summed E-state index contributed by atoms with van der Waals surface area (Å²) in [4.78, 5) is 52.5. The fourth-order valence-corrected chi connectivity index (χ4v) is 8.35. The Labute approximate surface area is 331 Å². The van der Waals surface area contributed by atoms with E-state index in [9.17, 15) is 29.4 Å². The van der Waals surface area contributed by atoms with Gasteiger partial charge in [-0.15, -0.1) is 0 Å². The maximum Gasteiger partial charge on any atom is 0.338 e. The lowest BCUT2D eigenvalue weighted by Crippen LogP contribution is -2.25. The molecule has 0 bridgehead atoms. The van der Waals surface area contributed by atoms with Crippen molar-refractivity contribution in [3.05, 3.63) is 70.8 Å². The van der Waals surface area contributed by atoms with Crippen molar-refractivity contribution in [2.24, 2.45) is 0 Å². The van der Waals surface area contributed by atoms with Crippen molar-refractivity contribution in [1.29, 1.82) is 0 Å². The summed E-state index contributed by atoms with van der Waals surface area (Å²) in [5.74, 6) is -3.21. The largest absolute Gasteiger partial charge is 0.478 e. The highest BCUT2D eigenvalue weighted by molar-refractivity contribution is 6.38.